The van der Waals surface area contributed by atoms with Crippen molar-refractivity contribution in [2.75, 3.05) is 0 Å². The maximum Gasteiger partial charge on any atom is 0.142 e. The number of nitrogens with one attached hydrogen (secondary N) is 4. The maximum absolute atomic E-state index is 11.6. The highest BCUT2D eigenvalue weighted by Crippen LogP contribution is 2.47. The molecule has 8 bridgehead atoms. The molecule has 5 heterocycles. The average molecular weight is 771 g/mol. The number of hydrogen-bond donors (Lipinski definition) is 5. The van der Waals surface area contributed by atoms with Gasteiger partial charge in [0, 0.05) is 43.1 Å². The van der Waals surface area contributed by atoms with Crippen molar-refractivity contribution in [3.63, 3.8) is 0 Å². The van der Waals surface area contributed by atoms with Crippen LogP contribution in [0.15, 0.2) is 86.7 Å². The second-order valence-electron chi connectivity index (χ2n) is 20.1. The van der Waals surface area contributed by atoms with Crippen molar-refractivity contribution in [1.82, 2.24) is 19.9 Å². The molecule has 0 radical (unpaired) electrons. The third kappa shape index (κ3) is 5.84. The van der Waals surface area contributed by atoms with Gasteiger partial charge in [0.15, 0.2) is 0 Å². The molecule has 0 amide bonds. The molecular weight excluding hydrogens is 717 g/mol. The van der Waals surface area contributed by atoms with E-state index in [0.717, 1.165) is 59.8 Å². The second kappa shape index (κ2) is 12.6. The minimum Gasteiger partial charge on any atom is -0.392 e. The zero-order chi connectivity index (χ0) is 41.3. The van der Waals surface area contributed by atoms with Gasteiger partial charge in [-0.05, 0) is 49.5 Å². The normalized spacial score (nSPS) is 13.9. The van der Waals surface area contributed by atoms with Crippen molar-refractivity contribution in [3.8, 4) is 0 Å². The van der Waals surface area contributed by atoms with Gasteiger partial charge < -0.3 is 25.0 Å². The Balaban J connectivity index is 1.60. The van der Waals surface area contributed by atoms with Crippen molar-refractivity contribution in [2.45, 2.75) is 111 Å². The van der Waals surface area contributed by atoms with E-state index < -0.39 is 0 Å². The quantitative estimate of drug-likeness (QED) is 0.112. The maximum atomic E-state index is 11.6. The highest BCUT2D eigenvalue weighted by atomic mass is 16.3. The molecule has 0 saturated heterocycles. The molecule has 0 unspecified atom stereocenters. The van der Waals surface area contributed by atoms with Crippen molar-refractivity contribution in [2.24, 2.45) is 20.0 Å². The number of rotatable bonds is 1. The summed E-state index contributed by atoms with van der Waals surface area (Å²) in [5, 5.41) is 19.3. The Kier molecular flexibility index (Phi) is 8.20. The predicted molar refractivity (Wildman–Crippen MR) is 237 cm³/mol. The minimum absolute atomic E-state index is 0.160. The zero-order valence-electron chi connectivity index (χ0n) is 35.8. The Hall–Kier alpha value is -5.80. The smallest absolute Gasteiger partial charge is 0.142 e. The fourth-order valence-electron chi connectivity index (χ4n) is 9.32. The van der Waals surface area contributed by atoms with Crippen LogP contribution >= 0.6 is 0 Å². The standard InChI is InChI=1S/C49H54N8O/c1-46(2,3)31-23-17-22-29-32(31)43-55-42(29)53-40-26-19-14-13-18-25(26)38(51-40)50-39-27-20-15-16-21-28(27)41(52-39)54-44-33-30(24-58)35(47(4,5)6)37(49(10,11)12)36(48(7,8)9)34(33)45(56-43)57-44/h13-23,58H,24H2,1-12H3,(H4,50,51,52,53,54,55,56,57). The van der Waals surface area contributed by atoms with Crippen molar-refractivity contribution in [1.29, 1.82) is 0 Å². The minimum atomic E-state index is -0.316. The van der Waals surface area contributed by atoms with Gasteiger partial charge in [-0.1, -0.05) is 150 Å². The molecule has 4 aromatic heterocycles. The monoisotopic (exact) mass is 770 g/mol. The van der Waals surface area contributed by atoms with E-state index in [1.165, 1.54) is 11.1 Å². The molecule has 296 valence electrons. The van der Waals surface area contributed by atoms with Crippen LogP contribution in [0.1, 0.15) is 111 Å². The number of hydrogen-bond acceptors (Lipinski definition) is 5. The number of aliphatic hydroxyl groups excluding tert-OH is 1. The fraction of sp³-hybridized carbons (Fsp3) is 0.347. The topological polar surface area (TPSA) is 133 Å². The lowest BCUT2D eigenvalue weighted by Crippen LogP contribution is -2.31. The molecule has 8 aromatic rings. The number of fused-ring (bicyclic) bond motifs is 20. The van der Waals surface area contributed by atoms with Crippen LogP contribution in [0.4, 0.5) is 23.3 Å². The third-order valence-electron chi connectivity index (χ3n) is 11.6. The molecule has 0 aliphatic carbocycles. The van der Waals surface area contributed by atoms with E-state index in [2.05, 4.69) is 145 Å². The number of H-pyrrole nitrogens is 4. The molecule has 0 fully saturated rings. The summed E-state index contributed by atoms with van der Waals surface area (Å²) in [7, 11) is 0. The SMILES string of the molecule is CC(C)(C)c1c(C(C)(C)C)c(C(C)(C)C)c2c3[nH]c(c2c1CO)=Nc1[nH]c(c2ccccc12)N=c1[nH]c(c2ccccc12)=Nc1[nH]c(c2c(C(C)(C)C)cccc12)N=3. The van der Waals surface area contributed by atoms with Crippen LogP contribution in [0.25, 0.3) is 43.1 Å². The lowest BCUT2D eigenvalue weighted by molar-refractivity contribution is 0.279. The summed E-state index contributed by atoms with van der Waals surface area (Å²) in [6, 6.07) is 22.9. The van der Waals surface area contributed by atoms with Crippen LogP contribution in [0.5, 0.6) is 0 Å². The van der Waals surface area contributed by atoms with Crippen LogP contribution in [0.2, 0.25) is 0 Å². The highest BCUT2D eigenvalue weighted by molar-refractivity contribution is 6.03. The van der Waals surface area contributed by atoms with Crippen molar-refractivity contribution < 1.29 is 5.11 Å². The van der Waals surface area contributed by atoms with Gasteiger partial charge in [0.1, 0.15) is 45.2 Å². The van der Waals surface area contributed by atoms with Crippen LogP contribution < -0.4 is 22.0 Å². The summed E-state index contributed by atoms with van der Waals surface area (Å²) < 4.78 is 0. The highest BCUT2D eigenvalue weighted by Gasteiger charge is 2.37. The largest absolute Gasteiger partial charge is 0.392 e. The first-order valence-electron chi connectivity index (χ1n) is 20.4. The lowest BCUT2D eigenvalue weighted by atomic mass is 9.66. The first kappa shape index (κ1) is 37.8. The second-order valence-corrected chi connectivity index (χ2v) is 20.1. The molecule has 0 spiro atoms. The number of nitrogens with zero attached hydrogens (tertiary/aromatic N) is 4. The molecular formula is C49H54N8O. The zero-order valence-corrected chi connectivity index (χ0v) is 35.8. The summed E-state index contributed by atoms with van der Waals surface area (Å²) in [5.74, 6) is 2.76. The molecule has 9 nitrogen and oxygen atoms in total. The summed E-state index contributed by atoms with van der Waals surface area (Å²) >= 11 is 0. The summed E-state index contributed by atoms with van der Waals surface area (Å²) in [6.45, 7) is 27.0. The summed E-state index contributed by atoms with van der Waals surface area (Å²) in [4.78, 5) is 36.4. The van der Waals surface area contributed by atoms with Crippen molar-refractivity contribution >= 4 is 66.4 Å². The fourth-order valence-corrected chi connectivity index (χ4v) is 9.32. The summed E-state index contributed by atoms with van der Waals surface area (Å²) in [5.41, 5.74) is 7.24. The Morgan fingerprint density at radius 2 is 0.828 bits per heavy atom. The van der Waals surface area contributed by atoms with Gasteiger partial charge in [-0.2, -0.15) is 0 Å². The van der Waals surface area contributed by atoms with E-state index in [0.29, 0.717) is 45.2 Å². The van der Waals surface area contributed by atoms with Gasteiger partial charge in [-0.15, -0.1) is 0 Å². The Labute approximate surface area is 338 Å². The van der Waals surface area contributed by atoms with Gasteiger partial charge in [0.2, 0.25) is 0 Å². The predicted octanol–water partition coefficient (Wildman–Crippen LogP) is 10.4. The molecule has 0 atom stereocenters. The van der Waals surface area contributed by atoms with E-state index in [-0.39, 0.29) is 28.3 Å². The Morgan fingerprint density at radius 3 is 1.34 bits per heavy atom. The lowest BCUT2D eigenvalue weighted by Gasteiger charge is -2.38. The average Bonchev–Trinajstić information content (AvgIpc) is 3.88. The van der Waals surface area contributed by atoms with Crippen molar-refractivity contribution in [3.05, 3.63) is 116 Å². The number of aromatic amines is 4. The molecule has 9 rings (SSSR count). The van der Waals surface area contributed by atoms with E-state index in [1.54, 1.807) is 0 Å². The third-order valence-corrected chi connectivity index (χ3v) is 11.6. The number of aromatic nitrogens is 4. The molecule has 5 N–H and O–H groups in total. The molecule has 1 aliphatic rings. The van der Waals surface area contributed by atoms with E-state index in [4.69, 9.17) is 20.0 Å². The molecule has 4 aromatic carbocycles. The Morgan fingerprint density at radius 1 is 0.397 bits per heavy atom. The first-order chi connectivity index (χ1) is 27.3. The van der Waals surface area contributed by atoms with E-state index in [9.17, 15) is 5.11 Å². The molecule has 1 aliphatic heterocycles. The van der Waals surface area contributed by atoms with Gasteiger partial charge >= 0.3 is 0 Å². The summed E-state index contributed by atoms with van der Waals surface area (Å²) in [6.07, 6.45) is 0. The van der Waals surface area contributed by atoms with Gasteiger partial charge in [0.25, 0.3) is 0 Å². The van der Waals surface area contributed by atoms with Gasteiger partial charge in [0.05, 0.1) is 6.61 Å². The van der Waals surface area contributed by atoms with Gasteiger partial charge in [-0.25, -0.2) is 20.0 Å². The van der Waals surface area contributed by atoms with Crippen LogP contribution in [0, 0.1) is 0 Å². The van der Waals surface area contributed by atoms with Gasteiger partial charge in [-0.3, -0.25) is 0 Å². The molecule has 58 heavy (non-hydrogen) atoms. The number of benzene rings is 4. The first-order valence-corrected chi connectivity index (χ1v) is 20.4. The molecule has 9 heteroatoms. The van der Waals surface area contributed by atoms with E-state index >= 15 is 0 Å². The Bertz CT molecular complexity index is 3250. The van der Waals surface area contributed by atoms with E-state index in [1.807, 2.05) is 24.3 Å². The van der Waals surface area contributed by atoms with Crippen LogP contribution in [0.3, 0.4) is 0 Å². The number of aliphatic hydroxyl groups is 1. The van der Waals surface area contributed by atoms with Crippen LogP contribution in [-0.4, -0.2) is 25.0 Å². The van der Waals surface area contributed by atoms with Crippen LogP contribution in [-0.2, 0) is 28.3 Å². The molecule has 0 saturated carbocycles.